The maximum absolute atomic E-state index is 12.8. The molecule has 0 radical (unpaired) electrons. The first-order chi connectivity index (χ1) is 14.4. The number of carbonyl (C=O) groups is 3. The molecule has 1 aliphatic carbocycles. The van der Waals surface area contributed by atoms with Crippen LogP contribution in [0.5, 0.6) is 0 Å². The highest BCUT2D eigenvalue weighted by Gasteiger charge is 2.35. The summed E-state index contributed by atoms with van der Waals surface area (Å²) in [6, 6.07) is 15.1. The molecular formula is C24H27N3O3. The largest absolute Gasteiger partial charge is 0.349 e. The van der Waals surface area contributed by atoms with Gasteiger partial charge < -0.3 is 15.5 Å². The standard InChI is InChI=1S/C24H27N3O3/c1-15(2)16-5-4-8-21(12-16)27-14-18(13-22(27)28)24(30)26-20-7-3-6-17(11-20)23(29)25-19-9-10-19/h3-8,11-12,15,18-19H,9-10,13-14H2,1-2H3,(H,25,29)(H,26,30). The Balaban J connectivity index is 1.41. The van der Waals surface area contributed by atoms with Gasteiger partial charge in [-0.2, -0.15) is 0 Å². The Bertz CT molecular complexity index is 981. The van der Waals surface area contributed by atoms with Crippen molar-refractivity contribution < 1.29 is 14.4 Å². The molecule has 0 aromatic heterocycles. The Hall–Kier alpha value is -3.15. The third-order valence-corrected chi connectivity index (χ3v) is 5.65. The zero-order valence-electron chi connectivity index (χ0n) is 17.4. The number of amides is 3. The molecule has 2 aromatic carbocycles. The summed E-state index contributed by atoms with van der Waals surface area (Å²) in [7, 11) is 0. The summed E-state index contributed by atoms with van der Waals surface area (Å²) in [6.45, 7) is 4.58. The summed E-state index contributed by atoms with van der Waals surface area (Å²) in [6.07, 6.45) is 2.22. The normalized spacial score (nSPS) is 18.6. The topological polar surface area (TPSA) is 78.5 Å². The van der Waals surface area contributed by atoms with Gasteiger partial charge in [-0.05, 0) is 54.7 Å². The number of carbonyl (C=O) groups excluding carboxylic acids is 3. The molecule has 1 saturated heterocycles. The number of rotatable bonds is 6. The molecule has 1 atom stereocenters. The molecule has 2 N–H and O–H groups in total. The predicted octanol–water partition coefficient (Wildman–Crippen LogP) is 3.69. The lowest BCUT2D eigenvalue weighted by molar-refractivity contribution is -0.122. The Morgan fingerprint density at radius 2 is 1.83 bits per heavy atom. The summed E-state index contributed by atoms with van der Waals surface area (Å²) in [4.78, 5) is 39.3. The molecule has 1 saturated carbocycles. The summed E-state index contributed by atoms with van der Waals surface area (Å²) < 4.78 is 0. The maximum atomic E-state index is 12.8. The second-order valence-corrected chi connectivity index (χ2v) is 8.47. The van der Waals surface area contributed by atoms with E-state index in [2.05, 4.69) is 24.5 Å². The molecule has 2 fully saturated rings. The molecule has 2 aliphatic rings. The minimum atomic E-state index is -0.427. The minimum absolute atomic E-state index is 0.0476. The fourth-order valence-electron chi connectivity index (χ4n) is 3.66. The SMILES string of the molecule is CC(C)c1cccc(N2CC(C(=O)Nc3cccc(C(=O)NC4CC4)c3)CC2=O)c1. The van der Waals surface area contributed by atoms with E-state index in [1.54, 1.807) is 29.2 Å². The van der Waals surface area contributed by atoms with Crippen LogP contribution >= 0.6 is 0 Å². The van der Waals surface area contributed by atoms with Gasteiger partial charge in [-0.25, -0.2) is 0 Å². The van der Waals surface area contributed by atoms with E-state index in [1.807, 2.05) is 24.3 Å². The molecular weight excluding hydrogens is 378 g/mol. The molecule has 156 valence electrons. The zero-order valence-corrected chi connectivity index (χ0v) is 17.4. The summed E-state index contributed by atoms with van der Waals surface area (Å²) in [5.41, 5.74) is 3.08. The third kappa shape index (κ3) is 4.53. The molecule has 6 heteroatoms. The van der Waals surface area contributed by atoms with Crippen LogP contribution in [0.4, 0.5) is 11.4 Å². The molecule has 6 nitrogen and oxygen atoms in total. The number of benzene rings is 2. The van der Waals surface area contributed by atoms with Crippen LogP contribution in [0.3, 0.4) is 0 Å². The van der Waals surface area contributed by atoms with Crippen molar-refractivity contribution in [1.29, 1.82) is 0 Å². The van der Waals surface area contributed by atoms with E-state index in [0.29, 0.717) is 23.7 Å². The van der Waals surface area contributed by atoms with E-state index in [9.17, 15) is 14.4 Å². The van der Waals surface area contributed by atoms with Gasteiger partial charge in [0.2, 0.25) is 11.8 Å². The number of hydrogen-bond donors (Lipinski definition) is 2. The highest BCUT2D eigenvalue weighted by atomic mass is 16.2. The number of hydrogen-bond acceptors (Lipinski definition) is 3. The van der Waals surface area contributed by atoms with Crippen LogP contribution < -0.4 is 15.5 Å². The Labute approximate surface area is 176 Å². The van der Waals surface area contributed by atoms with Crippen molar-refractivity contribution in [1.82, 2.24) is 5.32 Å². The van der Waals surface area contributed by atoms with Crippen LogP contribution in [0, 0.1) is 5.92 Å². The summed E-state index contributed by atoms with van der Waals surface area (Å²) in [5.74, 6) is -0.435. The highest BCUT2D eigenvalue weighted by Crippen LogP contribution is 2.28. The lowest BCUT2D eigenvalue weighted by Gasteiger charge is -2.18. The van der Waals surface area contributed by atoms with Crippen molar-refractivity contribution in [3.05, 3.63) is 59.7 Å². The Morgan fingerprint density at radius 1 is 1.07 bits per heavy atom. The molecule has 1 heterocycles. The smallest absolute Gasteiger partial charge is 0.251 e. The van der Waals surface area contributed by atoms with Crippen LogP contribution in [-0.2, 0) is 9.59 Å². The second-order valence-electron chi connectivity index (χ2n) is 8.47. The summed E-state index contributed by atoms with van der Waals surface area (Å²) in [5, 5.41) is 5.82. The van der Waals surface area contributed by atoms with Gasteiger partial charge in [0.05, 0.1) is 5.92 Å². The van der Waals surface area contributed by atoms with Gasteiger partial charge in [-0.15, -0.1) is 0 Å². The van der Waals surface area contributed by atoms with Gasteiger partial charge in [0, 0.05) is 35.9 Å². The van der Waals surface area contributed by atoms with Crippen LogP contribution in [-0.4, -0.2) is 30.3 Å². The van der Waals surface area contributed by atoms with E-state index in [1.165, 1.54) is 0 Å². The first kappa shape index (κ1) is 20.1. The lowest BCUT2D eigenvalue weighted by Crippen LogP contribution is -2.28. The van der Waals surface area contributed by atoms with Crippen molar-refractivity contribution >= 4 is 29.1 Å². The molecule has 1 unspecified atom stereocenters. The van der Waals surface area contributed by atoms with Gasteiger partial charge in [-0.3, -0.25) is 14.4 Å². The van der Waals surface area contributed by atoms with E-state index in [4.69, 9.17) is 0 Å². The second kappa shape index (κ2) is 8.30. The lowest BCUT2D eigenvalue weighted by atomic mass is 10.0. The molecule has 30 heavy (non-hydrogen) atoms. The average molecular weight is 405 g/mol. The maximum Gasteiger partial charge on any atom is 0.251 e. The number of nitrogens with zero attached hydrogens (tertiary/aromatic N) is 1. The van der Waals surface area contributed by atoms with Crippen molar-refractivity contribution in [2.24, 2.45) is 5.92 Å². The summed E-state index contributed by atoms with van der Waals surface area (Å²) >= 11 is 0. The minimum Gasteiger partial charge on any atom is -0.349 e. The molecule has 1 aliphatic heterocycles. The van der Waals surface area contributed by atoms with Gasteiger partial charge in [0.15, 0.2) is 0 Å². The van der Waals surface area contributed by atoms with Gasteiger partial charge in [-0.1, -0.05) is 32.0 Å². The third-order valence-electron chi connectivity index (χ3n) is 5.65. The molecule has 4 rings (SSSR count). The van der Waals surface area contributed by atoms with Crippen molar-refractivity contribution in [2.75, 3.05) is 16.8 Å². The van der Waals surface area contributed by atoms with E-state index < -0.39 is 5.92 Å². The van der Waals surface area contributed by atoms with Crippen molar-refractivity contribution in [2.45, 2.75) is 45.1 Å². The highest BCUT2D eigenvalue weighted by molar-refractivity contribution is 6.04. The first-order valence-corrected chi connectivity index (χ1v) is 10.5. The van der Waals surface area contributed by atoms with Crippen LogP contribution in [0.25, 0.3) is 0 Å². The molecule has 3 amide bonds. The van der Waals surface area contributed by atoms with E-state index >= 15 is 0 Å². The van der Waals surface area contributed by atoms with Crippen molar-refractivity contribution in [3.63, 3.8) is 0 Å². The molecule has 0 bridgehead atoms. The van der Waals surface area contributed by atoms with Gasteiger partial charge in [0.1, 0.15) is 0 Å². The van der Waals surface area contributed by atoms with Gasteiger partial charge >= 0.3 is 0 Å². The fourth-order valence-corrected chi connectivity index (χ4v) is 3.66. The molecule has 2 aromatic rings. The van der Waals surface area contributed by atoms with Crippen molar-refractivity contribution in [3.8, 4) is 0 Å². The zero-order chi connectivity index (χ0) is 21.3. The molecule has 0 spiro atoms. The number of nitrogens with one attached hydrogen (secondary N) is 2. The van der Waals surface area contributed by atoms with Gasteiger partial charge in [0.25, 0.3) is 5.91 Å². The average Bonchev–Trinajstić information content (AvgIpc) is 3.46. The first-order valence-electron chi connectivity index (χ1n) is 10.5. The van der Waals surface area contributed by atoms with E-state index in [-0.39, 0.29) is 30.2 Å². The van der Waals surface area contributed by atoms with E-state index in [0.717, 1.165) is 24.1 Å². The monoisotopic (exact) mass is 405 g/mol. The quantitative estimate of drug-likeness (QED) is 0.769. The van der Waals surface area contributed by atoms with Crippen LogP contribution in [0.2, 0.25) is 0 Å². The fraction of sp³-hybridized carbons (Fsp3) is 0.375. The van der Waals surface area contributed by atoms with Crippen LogP contribution in [0.1, 0.15) is 54.9 Å². The Kier molecular flexibility index (Phi) is 5.57. The van der Waals surface area contributed by atoms with Crippen LogP contribution in [0.15, 0.2) is 48.5 Å². The Morgan fingerprint density at radius 3 is 2.57 bits per heavy atom. The number of anilines is 2. The predicted molar refractivity (Wildman–Crippen MR) is 117 cm³/mol.